The van der Waals surface area contributed by atoms with Gasteiger partial charge < -0.3 is 4.74 Å². The highest BCUT2D eigenvalue weighted by atomic mass is 35.5. The van der Waals surface area contributed by atoms with E-state index in [-0.39, 0.29) is 0 Å². The number of hydrogen-bond acceptors (Lipinski definition) is 2. The summed E-state index contributed by atoms with van der Waals surface area (Å²) in [5, 5.41) is -2.34. The standard InChI is InChI=1S/C12H9Cl2FO2S/c13-11(14)9-6-7-10(17-9)12(11,15)18(16)8-4-2-1-3-5-8/h1-7,9-10H/t9-,10+,12+,18?/m0/s1. The van der Waals surface area contributed by atoms with Crippen molar-refractivity contribution >= 4 is 34.0 Å². The maximum Gasteiger partial charge on any atom is 0.253 e. The van der Waals surface area contributed by atoms with Gasteiger partial charge in [0.25, 0.3) is 5.00 Å². The lowest BCUT2D eigenvalue weighted by Gasteiger charge is -2.33. The maximum absolute atomic E-state index is 15.1. The molecular formula is C12H9Cl2FO2S. The molecule has 1 fully saturated rings. The minimum atomic E-state index is -2.34. The van der Waals surface area contributed by atoms with Crippen LogP contribution >= 0.6 is 23.2 Å². The van der Waals surface area contributed by atoms with Crippen LogP contribution in [0.25, 0.3) is 0 Å². The van der Waals surface area contributed by atoms with Gasteiger partial charge in [-0.1, -0.05) is 53.6 Å². The highest BCUT2D eigenvalue weighted by Gasteiger charge is 2.71. The number of rotatable bonds is 2. The van der Waals surface area contributed by atoms with E-state index >= 15 is 4.39 Å². The van der Waals surface area contributed by atoms with Crippen LogP contribution in [0.2, 0.25) is 0 Å². The second-order valence-electron chi connectivity index (χ2n) is 4.21. The van der Waals surface area contributed by atoms with E-state index < -0.39 is 32.3 Å². The molecule has 0 amide bonds. The molecule has 3 rings (SSSR count). The van der Waals surface area contributed by atoms with Gasteiger partial charge in [0.2, 0.25) is 0 Å². The van der Waals surface area contributed by atoms with Crippen LogP contribution in [-0.2, 0) is 15.5 Å². The van der Waals surface area contributed by atoms with E-state index in [1.54, 1.807) is 36.4 Å². The monoisotopic (exact) mass is 306 g/mol. The van der Waals surface area contributed by atoms with Crippen molar-refractivity contribution in [3.63, 3.8) is 0 Å². The largest absolute Gasteiger partial charge is 0.359 e. The molecule has 2 aliphatic rings. The molecule has 2 bridgehead atoms. The average molecular weight is 307 g/mol. The normalized spacial score (nSPS) is 37.9. The van der Waals surface area contributed by atoms with Gasteiger partial charge in [-0.05, 0) is 12.1 Å². The predicted molar refractivity (Wildman–Crippen MR) is 68.9 cm³/mol. The number of alkyl halides is 3. The Morgan fingerprint density at radius 1 is 1.17 bits per heavy atom. The van der Waals surface area contributed by atoms with E-state index in [9.17, 15) is 4.21 Å². The van der Waals surface area contributed by atoms with Crippen molar-refractivity contribution < 1.29 is 13.3 Å². The Morgan fingerprint density at radius 3 is 2.33 bits per heavy atom. The first-order chi connectivity index (χ1) is 8.48. The molecule has 2 aliphatic heterocycles. The van der Waals surface area contributed by atoms with Gasteiger partial charge in [-0.15, -0.1) is 0 Å². The summed E-state index contributed by atoms with van der Waals surface area (Å²) in [7, 11) is -2.00. The van der Waals surface area contributed by atoms with Crippen LogP contribution in [-0.4, -0.2) is 25.8 Å². The third-order valence-corrected chi connectivity index (χ3v) is 6.16. The van der Waals surface area contributed by atoms with Gasteiger partial charge in [0.15, 0.2) is 4.33 Å². The third kappa shape index (κ3) is 1.46. The zero-order chi connectivity index (χ0) is 13.0. The van der Waals surface area contributed by atoms with Crippen LogP contribution in [0.1, 0.15) is 0 Å². The summed E-state index contributed by atoms with van der Waals surface area (Å²) in [6.45, 7) is 0. The molecule has 4 atom stereocenters. The number of benzene rings is 1. The first kappa shape index (κ1) is 12.6. The Labute approximate surface area is 116 Å². The van der Waals surface area contributed by atoms with Gasteiger partial charge in [-0.3, -0.25) is 4.21 Å². The van der Waals surface area contributed by atoms with E-state index in [1.807, 2.05) is 0 Å². The molecule has 1 unspecified atom stereocenters. The Morgan fingerprint density at radius 2 is 1.78 bits per heavy atom. The Hall–Kier alpha value is -0.420. The van der Waals surface area contributed by atoms with E-state index in [0.29, 0.717) is 4.90 Å². The van der Waals surface area contributed by atoms with Gasteiger partial charge in [0.05, 0.1) is 10.8 Å². The first-order valence-electron chi connectivity index (χ1n) is 5.35. The summed E-state index contributed by atoms with van der Waals surface area (Å²) < 4.78 is 31.0. The Kier molecular flexibility index (Phi) is 2.83. The maximum atomic E-state index is 15.1. The van der Waals surface area contributed by atoms with Crippen LogP contribution < -0.4 is 0 Å². The van der Waals surface area contributed by atoms with Crippen molar-refractivity contribution in [3.8, 4) is 0 Å². The Balaban J connectivity index is 2.06. The first-order valence-corrected chi connectivity index (χ1v) is 7.26. The lowest BCUT2D eigenvalue weighted by molar-refractivity contribution is 0.0894. The fourth-order valence-electron chi connectivity index (χ4n) is 2.20. The summed E-state index contributed by atoms with van der Waals surface area (Å²) in [6.07, 6.45) is 1.39. The molecule has 0 aliphatic carbocycles. The molecule has 2 heterocycles. The minimum absolute atomic E-state index is 0.343. The summed E-state index contributed by atoms with van der Waals surface area (Å²) >= 11 is 12.1. The van der Waals surface area contributed by atoms with Crippen molar-refractivity contribution in [2.24, 2.45) is 0 Å². The van der Waals surface area contributed by atoms with Gasteiger partial charge in [-0.25, -0.2) is 4.39 Å². The molecule has 6 heteroatoms. The molecule has 18 heavy (non-hydrogen) atoms. The molecule has 0 saturated carbocycles. The lowest BCUT2D eigenvalue weighted by Crippen LogP contribution is -2.52. The van der Waals surface area contributed by atoms with E-state index in [1.165, 1.54) is 6.08 Å². The fraction of sp³-hybridized carbons (Fsp3) is 0.333. The molecule has 0 N–H and O–H groups in total. The number of hydrogen-bond donors (Lipinski definition) is 0. The second kappa shape index (κ2) is 4.04. The van der Waals surface area contributed by atoms with E-state index in [2.05, 4.69) is 0 Å². The molecule has 1 saturated heterocycles. The fourth-order valence-corrected chi connectivity index (χ4v) is 4.54. The third-order valence-electron chi connectivity index (χ3n) is 3.16. The SMILES string of the molecule is O=S(c1ccccc1)[C@]1(F)[C@H]2C=C[C@H](O2)C1(Cl)Cl. The van der Waals surface area contributed by atoms with Gasteiger partial charge in [-0.2, -0.15) is 0 Å². The summed E-state index contributed by atoms with van der Waals surface area (Å²) in [6, 6.07) is 8.29. The van der Waals surface area contributed by atoms with Crippen molar-refractivity contribution in [1.82, 2.24) is 0 Å². The topological polar surface area (TPSA) is 26.3 Å². The van der Waals surface area contributed by atoms with Crippen molar-refractivity contribution in [3.05, 3.63) is 42.5 Å². The lowest BCUT2D eigenvalue weighted by atomic mass is 10.0. The highest BCUT2D eigenvalue weighted by molar-refractivity contribution is 7.86. The van der Waals surface area contributed by atoms with Crippen LogP contribution in [0.15, 0.2) is 47.4 Å². The predicted octanol–water partition coefficient (Wildman–Crippen LogP) is 2.97. The average Bonchev–Trinajstić information content (AvgIpc) is 2.93. The molecular weight excluding hydrogens is 298 g/mol. The Bertz CT molecular complexity index is 534. The summed E-state index contributed by atoms with van der Waals surface area (Å²) in [5.74, 6) is 0. The zero-order valence-corrected chi connectivity index (χ0v) is 11.4. The van der Waals surface area contributed by atoms with Crippen molar-refractivity contribution in [2.75, 3.05) is 0 Å². The molecule has 0 spiro atoms. The summed E-state index contributed by atoms with van der Waals surface area (Å²) in [5.41, 5.74) is 0. The minimum Gasteiger partial charge on any atom is -0.359 e. The molecule has 1 aromatic rings. The molecule has 1 aromatic carbocycles. The van der Waals surface area contributed by atoms with Gasteiger partial charge in [0.1, 0.15) is 12.2 Å². The van der Waals surface area contributed by atoms with Crippen molar-refractivity contribution in [2.45, 2.75) is 26.4 Å². The molecule has 96 valence electrons. The zero-order valence-electron chi connectivity index (χ0n) is 9.05. The van der Waals surface area contributed by atoms with Crippen LogP contribution in [0.3, 0.4) is 0 Å². The number of halogens is 3. The molecule has 0 radical (unpaired) electrons. The van der Waals surface area contributed by atoms with Crippen molar-refractivity contribution in [1.29, 1.82) is 0 Å². The highest BCUT2D eigenvalue weighted by Crippen LogP contribution is 2.56. The van der Waals surface area contributed by atoms with Gasteiger partial charge >= 0.3 is 0 Å². The number of fused-ring (bicyclic) bond motifs is 2. The van der Waals surface area contributed by atoms with E-state index in [4.69, 9.17) is 27.9 Å². The van der Waals surface area contributed by atoms with Gasteiger partial charge in [0, 0.05) is 4.90 Å². The molecule has 0 aromatic heterocycles. The van der Waals surface area contributed by atoms with Crippen LogP contribution in [0.5, 0.6) is 0 Å². The molecule has 2 nitrogen and oxygen atoms in total. The van der Waals surface area contributed by atoms with E-state index in [0.717, 1.165) is 0 Å². The van der Waals surface area contributed by atoms with Crippen LogP contribution in [0, 0.1) is 0 Å². The van der Waals surface area contributed by atoms with Crippen LogP contribution in [0.4, 0.5) is 4.39 Å². The second-order valence-corrected chi connectivity index (χ2v) is 7.20. The summed E-state index contributed by atoms with van der Waals surface area (Å²) in [4.78, 5) is 0.343. The quantitative estimate of drug-likeness (QED) is 0.620. The number of ether oxygens (including phenoxy) is 1. The smallest absolute Gasteiger partial charge is 0.253 e.